The molecule has 8 aromatic rings. The number of phenols is 1. The Morgan fingerprint density at radius 1 is 0.302 bits per heavy atom. The Bertz CT molecular complexity index is 2240. The Morgan fingerprint density at radius 3 is 1.44 bits per heavy atom. The van der Waals surface area contributed by atoms with Gasteiger partial charge in [-0.25, -0.2) is 0 Å². The molecule has 0 saturated heterocycles. The number of aromatic hydroxyl groups is 1. The van der Waals surface area contributed by atoms with Crippen LogP contribution in [0.25, 0.3) is 76.8 Å². The summed E-state index contributed by atoms with van der Waals surface area (Å²) in [6.07, 6.45) is 0. The Hall–Kier alpha value is -5.66. The zero-order chi connectivity index (χ0) is 28.8. The van der Waals surface area contributed by atoms with Gasteiger partial charge < -0.3 is 5.11 Å². The summed E-state index contributed by atoms with van der Waals surface area (Å²) >= 11 is 0. The minimum absolute atomic E-state index is 0.272. The van der Waals surface area contributed by atoms with Gasteiger partial charge in [-0.15, -0.1) is 0 Å². The van der Waals surface area contributed by atoms with Crippen molar-refractivity contribution in [2.75, 3.05) is 0 Å². The van der Waals surface area contributed by atoms with Crippen LogP contribution in [0.3, 0.4) is 0 Å². The van der Waals surface area contributed by atoms with E-state index in [9.17, 15) is 5.11 Å². The molecule has 1 N–H and O–H groups in total. The van der Waals surface area contributed by atoms with Gasteiger partial charge in [0.1, 0.15) is 5.75 Å². The average molecular weight is 549 g/mol. The molecule has 0 amide bonds. The van der Waals surface area contributed by atoms with Gasteiger partial charge in [0.15, 0.2) is 0 Å². The number of phenolic OH excluding ortho intramolecular Hbond substituents is 1. The van der Waals surface area contributed by atoms with Crippen molar-refractivity contribution in [1.29, 1.82) is 0 Å². The van der Waals surface area contributed by atoms with Crippen LogP contribution in [0.15, 0.2) is 164 Å². The van der Waals surface area contributed by atoms with Crippen molar-refractivity contribution >= 4 is 32.3 Å². The van der Waals surface area contributed by atoms with Crippen LogP contribution in [-0.2, 0) is 0 Å². The van der Waals surface area contributed by atoms with Crippen LogP contribution in [0.4, 0.5) is 0 Å². The Balaban J connectivity index is 1.40. The quantitative estimate of drug-likeness (QED) is 0.217. The van der Waals surface area contributed by atoms with Gasteiger partial charge in [0.2, 0.25) is 0 Å². The van der Waals surface area contributed by atoms with E-state index in [2.05, 4.69) is 140 Å². The molecule has 0 fully saturated rings. The van der Waals surface area contributed by atoms with E-state index in [0.717, 1.165) is 27.8 Å². The normalized spacial score (nSPS) is 11.3. The summed E-state index contributed by atoms with van der Waals surface area (Å²) in [6.45, 7) is 0. The SMILES string of the molecule is Oc1ccc(-c2c3ccccc3c(-c3ccc4ccccc4c3)c3ccccc23)cc1-c1ccccc1-c1ccccc1. The fourth-order valence-electron chi connectivity index (χ4n) is 6.59. The molecule has 0 aromatic heterocycles. The van der Waals surface area contributed by atoms with E-state index in [1.54, 1.807) is 0 Å². The van der Waals surface area contributed by atoms with Crippen molar-refractivity contribution < 1.29 is 5.11 Å². The first-order valence-electron chi connectivity index (χ1n) is 14.7. The van der Waals surface area contributed by atoms with Crippen LogP contribution in [-0.4, -0.2) is 5.11 Å². The van der Waals surface area contributed by atoms with Crippen LogP contribution in [0.5, 0.6) is 5.75 Å². The second kappa shape index (κ2) is 10.3. The van der Waals surface area contributed by atoms with E-state index in [1.807, 2.05) is 24.3 Å². The third kappa shape index (κ3) is 4.26. The highest BCUT2D eigenvalue weighted by Crippen LogP contribution is 2.46. The van der Waals surface area contributed by atoms with Crippen LogP contribution < -0.4 is 0 Å². The molecule has 1 nitrogen and oxygen atoms in total. The van der Waals surface area contributed by atoms with E-state index in [1.165, 1.54) is 49.0 Å². The lowest BCUT2D eigenvalue weighted by molar-refractivity contribution is 0.477. The van der Waals surface area contributed by atoms with Gasteiger partial charge in [0.05, 0.1) is 0 Å². The Kier molecular flexibility index (Phi) is 6.02. The maximum absolute atomic E-state index is 11.2. The first-order chi connectivity index (χ1) is 21.3. The first-order valence-corrected chi connectivity index (χ1v) is 14.7. The summed E-state index contributed by atoms with van der Waals surface area (Å²) in [5.74, 6) is 0.272. The van der Waals surface area contributed by atoms with Gasteiger partial charge in [-0.2, -0.15) is 0 Å². The highest BCUT2D eigenvalue weighted by molar-refractivity contribution is 6.22. The summed E-state index contributed by atoms with van der Waals surface area (Å²) in [6, 6.07) is 57.5. The highest BCUT2D eigenvalue weighted by atomic mass is 16.3. The number of benzene rings is 8. The van der Waals surface area contributed by atoms with Gasteiger partial charge >= 0.3 is 0 Å². The summed E-state index contributed by atoms with van der Waals surface area (Å²) < 4.78 is 0. The van der Waals surface area contributed by atoms with Gasteiger partial charge in [-0.3, -0.25) is 0 Å². The average Bonchev–Trinajstić information content (AvgIpc) is 3.08. The summed E-state index contributed by atoms with van der Waals surface area (Å²) in [7, 11) is 0. The molecule has 0 heterocycles. The molecule has 1 heteroatoms. The monoisotopic (exact) mass is 548 g/mol. The second-order valence-corrected chi connectivity index (χ2v) is 11.0. The van der Waals surface area contributed by atoms with Crippen molar-refractivity contribution in [3.05, 3.63) is 164 Å². The molecule has 0 unspecified atom stereocenters. The van der Waals surface area contributed by atoms with Gasteiger partial charge in [0, 0.05) is 5.56 Å². The smallest absolute Gasteiger partial charge is 0.123 e. The predicted octanol–water partition coefficient (Wildman–Crippen LogP) is 11.5. The van der Waals surface area contributed by atoms with Crippen molar-refractivity contribution in [1.82, 2.24) is 0 Å². The maximum Gasteiger partial charge on any atom is 0.123 e. The number of fused-ring (bicyclic) bond motifs is 3. The second-order valence-electron chi connectivity index (χ2n) is 11.0. The van der Waals surface area contributed by atoms with Gasteiger partial charge in [-0.05, 0) is 89.5 Å². The predicted molar refractivity (Wildman–Crippen MR) is 182 cm³/mol. The summed E-state index contributed by atoms with van der Waals surface area (Å²) in [5, 5.41) is 18.5. The maximum atomic E-state index is 11.2. The van der Waals surface area contributed by atoms with Gasteiger partial charge in [0.25, 0.3) is 0 Å². The van der Waals surface area contributed by atoms with Crippen LogP contribution in [0, 0.1) is 0 Å². The molecule has 0 aliphatic carbocycles. The molecule has 0 radical (unpaired) electrons. The van der Waals surface area contributed by atoms with E-state index in [0.29, 0.717) is 0 Å². The fraction of sp³-hybridized carbons (Fsp3) is 0. The van der Waals surface area contributed by atoms with Gasteiger partial charge in [-0.1, -0.05) is 146 Å². The number of hydrogen-bond donors (Lipinski definition) is 1. The number of hydrogen-bond acceptors (Lipinski definition) is 1. The zero-order valence-electron chi connectivity index (χ0n) is 23.5. The minimum Gasteiger partial charge on any atom is -0.507 e. The van der Waals surface area contributed by atoms with E-state index in [-0.39, 0.29) is 5.75 Å². The lowest BCUT2D eigenvalue weighted by Crippen LogP contribution is -1.92. The molecular formula is C42H28O. The molecule has 0 saturated carbocycles. The molecule has 0 atom stereocenters. The molecule has 8 aromatic carbocycles. The molecule has 0 aliphatic rings. The lowest BCUT2D eigenvalue weighted by atomic mass is 9.84. The third-order valence-corrected chi connectivity index (χ3v) is 8.56. The van der Waals surface area contributed by atoms with Crippen molar-refractivity contribution in [3.8, 4) is 50.3 Å². The lowest BCUT2D eigenvalue weighted by Gasteiger charge is -2.19. The Morgan fingerprint density at radius 2 is 0.791 bits per heavy atom. The highest BCUT2D eigenvalue weighted by Gasteiger charge is 2.19. The standard InChI is InChI=1S/C42H28O/c43-40-25-24-32(27-39(40)34-17-7-6-16-33(34)29-13-2-1-3-14-29)42-37-20-10-8-18-35(37)41(36-19-9-11-21-38(36)42)31-23-22-28-12-4-5-15-30(28)26-31/h1-27,43H. The zero-order valence-corrected chi connectivity index (χ0v) is 23.5. The minimum atomic E-state index is 0.272. The molecule has 43 heavy (non-hydrogen) atoms. The van der Waals surface area contributed by atoms with Crippen LogP contribution >= 0.6 is 0 Å². The van der Waals surface area contributed by atoms with E-state index >= 15 is 0 Å². The topological polar surface area (TPSA) is 20.2 Å². The molecule has 0 spiro atoms. The van der Waals surface area contributed by atoms with Crippen LogP contribution in [0.2, 0.25) is 0 Å². The third-order valence-electron chi connectivity index (χ3n) is 8.56. The first kappa shape index (κ1) is 25.1. The van der Waals surface area contributed by atoms with E-state index in [4.69, 9.17) is 0 Å². The van der Waals surface area contributed by atoms with Crippen molar-refractivity contribution in [3.63, 3.8) is 0 Å². The largest absolute Gasteiger partial charge is 0.507 e. The summed E-state index contributed by atoms with van der Waals surface area (Å²) in [5.41, 5.74) is 8.76. The van der Waals surface area contributed by atoms with Crippen molar-refractivity contribution in [2.24, 2.45) is 0 Å². The molecule has 0 aliphatic heterocycles. The molecule has 8 rings (SSSR count). The summed E-state index contributed by atoms with van der Waals surface area (Å²) in [4.78, 5) is 0. The fourth-order valence-corrected chi connectivity index (χ4v) is 6.59. The van der Waals surface area contributed by atoms with E-state index < -0.39 is 0 Å². The number of rotatable bonds is 4. The Labute approximate surface area is 250 Å². The molecule has 0 bridgehead atoms. The molecule has 202 valence electrons. The van der Waals surface area contributed by atoms with Crippen LogP contribution in [0.1, 0.15) is 0 Å². The molecular weight excluding hydrogens is 520 g/mol. The van der Waals surface area contributed by atoms with Crippen molar-refractivity contribution in [2.45, 2.75) is 0 Å².